The predicted octanol–water partition coefficient (Wildman–Crippen LogP) is 5.32. The number of hydrogen-bond acceptors (Lipinski definition) is 5. The summed E-state index contributed by atoms with van der Waals surface area (Å²) < 4.78 is 15.0. The van der Waals surface area contributed by atoms with Crippen molar-refractivity contribution in [3.63, 3.8) is 0 Å². The lowest BCUT2D eigenvalue weighted by Gasteiger charge is -2.30. The van der Waals surface area contributed by atoms with Gasteiger partial charge in [-0.15, -0.1) is 12.4 Å². The molecule has 1 saturated heterocycles. The van der Waals surface area contributed by atoms with Gasteiger partial charge in [-0.2, -0.15) is 5.26 Å². The number of likely N-dealkylation sites (tertiary alicyclic amines) is 1. The molecular weight excluding hydrogens is 477 g/mol. The van der Waals surface area contributed by atoms with Crippen molar-refractivity contribution < 1.29 is 9.50 Å². The Labute approximate surface area is 215 Å². The largest absolute Gasteiger partial charge is 0.494 e. The molecule has 6 nitrogen and oxygen atoms in total. The van der Waals surface area contributed by atoms with E-state index in [-0.39, 0.29) is 29.8 Å². The summed E-state index contributed by atoms with van der Waals surface area (Å²) in [6, 6.07) is 19.1. The quantitative estimate of drug-likeness (QED) is 0.399. The molecule has 184 valence electrons. The maximum atomic E-state index is 13.6. The van der Waals surface area contributed by atoms with Crippen molar-refractivity contribution in [2.24, 2.45) is 0 Å². The monoisotopic (exact) mass is 503 g/mol. The number of piperidine rings is 1. The van der Waals surface area contributed by atoms with Crippen molar-refractivity contribution >= 4 is 23.6 Å². The number of rotatable bonds is 5. The Balaban J connectivity index is 0.00000304. The van der Waals surface area contributed by atoms with Crippen LogP contribution < -0.4 is 0 Å². The SMILES string of the molecule is Cc1nc2c(C#N)ncn2c(O)c1CCN1CCC(=C(c2ccccc2)c2ccc(F)cc2)CC1.Cl. The van der Waals surface area contributed by atoms with Gasteiger partial charge in [0.05, 0.1) is 0 Å². The first kappa shape index (κ1) is 25.4. The van der Waals surface area contributed by atoms with Gasteiger partial charge in [0.2, 0.25) is 5.88 Å². The van der Waals surface area contributed by atoms with Gasteiger partial charge >= 0.3 is 0 Å². The number of nitrogens with zero attached hydrogens (tertiary/aromatic N) is 5. The number of halogens is 2. The Morgan fingerprint density at radius 1 is 1.06 bits per heavy atom. The van der Waals surface area contributed by atoms with Gasteiger partial charge in [0.25, 0.3) is 0 Å². The van der Waals surface area contributed by atoms with Gasteiger partial charge in [-0.3, -0.25) is 4.40 Å². The number of hydrogen-bond donors (Lipinski definition) is 1. The average molecular weight is 504 g/mol. The van der Waals surface area contributed by atoms with Crippen molar-refractivity contribution in [1.29, 1.82) is 5.26 Å². The van der Waals surface area contributed by atoms with E-state index >= 15 is 0 Å². The summed E-state index contributed by atoms with van der Waals surface area (Å²) in [4.78, 5) is 10.9. The van der Waals surface area contributed by atoms with Gasteiger partial charge in [0.1, 0.15) is 18.2 Å². The Hall–Kier alpha value is -3.73. The highest BCUT2D eigenvalue weighted by atomic mass is 35.5. The van der Waals surface area contributed by atoms with Crippen molar-refractivity contribution in [3.05, 3.63) is 100 Å². The van der Waals surface area contributed by atoms with Gasteiger partial charge in [-0.1, -0.05) is 48.0 Å². The Kier molecular flexibility index (Phi) is 7.68. The summed E-state index contributed by atoms with van der Waals surface area (Å²) in [6.07, 6.45) is 3.95. The Morgan fingerprint density at radius 3 is 2.39 bits per heavy atom. The van der Waals surface area contributed by atoms with Crippen LogP contribution in [-0.2, 0) is 6.42 Å². The molecule has 3 heterocycles. The molecule has 2 aromatic heterocycles. The second kappa shape index (κ2) is 10.9. The minimum absolute atomic E-state index is 0. The standard InChI is InChI=1S/C28H26FN5O.ClH/c1-19-24(28(35)34-18-31-25(17-30)27(34)32-19)13-16-33-14-11-22(12-15-33)26(20-5-3-2-4-6-20)21-7-9-23(29)10-8-21;/h2-10,18,35H,11-16H2,1H3;1H. The van der Waals surface area contributed by atoms with E-state index in [9.17, 15) is 14.8 Å². The first-order chi connectivity index (χ1) is 17.0. The molecule has 4 aromatic rings. The van der Waals surface area contributed by atoms with E-state index in [2.05, 4.69) is 27.0 Å². The van der Waals surface area contributed by atoms with E-state index in [4.69, 9.17) is 0 Å². The van der Waals surface area contributed by atoms with Gasteiger partial charge in [-0.25, -0.2) is 14.4 Å². The van der Waals surface area contributed by atoms with Crippen LogP contribution in [-0.4, -0.2) is 44.0 Å². The zero-order valence-corrected chi connectivity index (χ0v) is 20.8. The molecule has 1 aliphatic heterocycles. The second-order valence-corrected chi connectivity index (χ2v) is 8.84. The van der Waals surface area contributed by atoms with Crippen LogP contribution in [0.3, 0.4) is 0 Å². The molecule has 1 N–H and O–H groups in total. The molecule has 0 unspecified atom stereocenters. The van der Waals surface area contributed by atoms with Crippen LogP contribution in [0.5, 0.6) is 5.88 Å². The number of aromatic hydroxyl groups is 1. The third kappa shape index (κ3) is 4.97. The van der Waals surface area contributed by atoms with Crippen LogP contribution in [0.1, 0.15) is 40.9 Å². The number of aromatic nitrogens is 3. The third-order valence-electron chi connectivity index (χ3n) is 6.74. The Morgan fingerprint density at radius 2 is 1.72 bits per heavy atom. The molecule has 2 aromatic carbocycles. The molecular formula is C28H27ClFN5O. The smallest absolute Gasteiger partial charge is 0.203 e. The lowest BCUT2D eigenvalue weighted by molar-refractivity contribution is 0.258. The van der Waals surface area contributed by atoms with Crippen molar-refractivity contribution in [2.75, 3.05) is 19.6 Å². The number of nitriles is 1. The summed E-state index contributed by atoms with van der Waals surface area (Å²) in [6.45, 7) is 4.47. The number of aryl methyl sites for hydroxylation is 1. The van der Waals surface area contributed by atoms with Crippen LogP contribution >= 0.6 is 12.4 Å². The molecule has 0 aliphatic carbocycles. The Bertz CT molecular complexity index is 1430. The van der Waals surface area contributed by atoms with E-state index in [0.717, 1.165) is 49.2 Å². The number of imidazole rings is 1. The zero-order chi connectivity index (χ0) is 24.4. The van der Waals surface area contributed by atoms with Gasteiger partial charge < -0.3 is 10.0 Å². The summed E-state index contributed by atoms with van der Waals surface area (Å²) in [5, 5.41) is 20.0. The highest BCUT2D eigenvalue weighted by molar-refractivity contribution is 5.85. The van der Waals surface area contributed by atoms with E-state index in [1.165, 1.54) is 34.0 Å². The molecule has 0 atom stereocenters. The summed E-state index contributed by atoms with van der Waals surface area (Å²) in [5.41, 5.74) is 6.85. The maximum absolute atomic E-state index is 13.6. The van der Waals surface area contributed by atoms with Crippen molar-refractivity contribution in [1.82, 2.24) is 19.3 Å². The minimum Gasteiger partial charge on any atom is -0.494 e. The molecule has 0 saturated carbocycles. The van der Waals surface area contributed by atoms with Crippen molar-refractivity contribution in [3.8, 4) is 11.9 Å². The lowest BCUT2D eigenvalue weighted by Crippen LogP contribution is -2.33. The van der Waals surface area contributed by atoms with Crippen LogP contribution in [0, 0.1) is 24.1 Å². The fourth-order valence-corrected chi connectivity index (χ4v) is 4.87. The van der Waals surface area contributed by atoms with E-state index in [1.54, 1.807) is 0 Å². The van der Waals surface area contributed by atoms with Gasteiger partial charge in [0, 0.05) is 30.9 Å². The van der Waals surface area contributed by atoms with Gasteiger partial charge in [0.15, 0.2) is 11.3 Å². The van der Waals surface area contributed by atoms with Crippen LogP contribution in [0.2, 0.25) is 0 Å². The normalized spacial score (nSPS) is 13.9. The first-order valence-corrected chi connectivity index (χ1v) is 11.8. The zero-order valence-electron chi connectivity index (χ0n) is 20.0. The predicted molar refractivity (Wildman–Crippen MR) is 140 cm³/mol. The van der Waals surface area contributed by atoms with E-state index < -0.39 is 0 Å². The maximum Gasteiger partial charge on any atom is 0.203 e. The van der Waals surface area contributed by atoms with E-state index in [1.807, 2.05) is 43.3 Å². The summed E-state index contributed by atoms with van der Waals surface area (Å²) in [5.74, 6) is -0.131. The van der Waals surface area contributed by atoms with Gasteiger partial charge in [-0.05, 0) is 55.0 Å². The fourth-order valence-electron chi connectivity index (χ4n) is 4.87. The second-order valence-electron chi connectivity index (χ2n) is 8.84. The number of fused-ring (bicyclic) bond motifs is 1. The lowest BCUT2D eigenvalue weighted by atomic mass is 9.88. The molecule has 0 spiro atoms. The molecule has 5 rings (SSSR count). The molecule has 36 heavy (non-hydrogen) atoms. The molecule has 0 radical (unpaired) electrons. The van der Waals surface area contributed by atoms with Crippen LogP contribution in [0.4, 0.5) is 4.39 Å². The molecule has 1 fully saturated rings. The van der Waals surface area contributed by atoms with Crippen LogP contribution in [0.15, 0.2) is 66.5 Å². The van der Waals surface area contributed by atoms with E-state index in [0.29, 0.717) is 17.8 Å². The third-order valence-corrected chi connectivity index (χ3v) is 6.74. The number of benzene rings is 2. The average Bonchev–Trinajstić information content (AvgIpc) is 3.30. The summed E-state index contributed by atoms with van der Waals surface area (Å²) in [7, 11) is 0. The topological polar surface area (TPSA) is 77.5 Å². The van der Waals surface area contributed by atoms with Crippen LogP contribution in [0.25, 0.3) is 11.2 Å². The molecule has 0 bridgehead atoms. The molecule has 0 amide bonds. The van der Waals surface area contributed by atoms with Crippen molar-refractivity contribution in [2.45, 2.75) is 26.2 Å². The summed E-state index contributed by atoms with van der Waals surface area (Å²) >= 11 is 0. The highest BCUT2D eigenvalue weighted by Crippen LogP contribution is 2.33. The first-order valence-electron chi connectivity index (χ1n) is 11.8. The molecule has 8 heteroatoms. The minimum atomic E-state index is -0.230. The molecule has 1 aliphatic rings. The highest BCUT2D eigenvalue weighted by Gasteiger charge is 2.21. The fraction of sp³-hybridized carbons (Fsp3) is 0.250.